The Kier molecular flexibility index (Phi) is 4.98. The number of aromatic amines is 1. The van der Waals surface area contributed by atoms with Crippen molar-refractivity contribution < 1.29 is 14.3 Å². The monoisotopic (exact) mass is 371 g/mol. The Balaban J connectivity index is 1.39. The average molecular weight is 371 g/mol. The first-order chi connectivity index (χ1) is 13.1. The van der Waals surface area contributed by atoms with Gasteiger partial charge in [0.1, 0.15) is 5.82 Å². The van der Waals surface area contributed by atoms with Crippen LogP contribution >= 0.6 is 0 Å². The van der Waals surface area contributed by atoms with E-state index in [2.05, 4.69) is 15.3 Å². The summed E-state index contributed by atoms with van der Waals surface area (Å²) in [7, 11) is 0. The third-order valence-electron chi connectivity index (χ3n) is 5.23. The lowest BCUT2D eigenvalue weighted by atomic mass is 9.96. The fourth-order valence-electron chi connectivity index (χ4n) is 3.82. The number of carbonyl (C=O) groups is 2. The van der Waals surface area contributed by atoms with Crippen molar-refractivity contribution in [3.05, 3.63) is 24.0 Å². The number of ether oxygens (including phenoxy) is 1. The van der Waals surface area contributed by atoms with Crippen LogP contribution in [0.25, 0.3) is 11.0 Å². The van der Waals surface area contributed by atoms with Crippen molar-refractivity contribution in [2.75, 3.05) is 44.7 Å². The number of anilines is 1. The number of morpholine rings is 1. The van der Waals surface area contributed by atoms with Gasteiger partial charge in [0.25, 0.3) is 0 Å². The van der Waals surface area contributed by atoms with Gasteiger partial charge in [0.15, 0.2) is 0 Å². The zero-order valence-corrected chi connectivity index (χ0v) is 15.5. The second-order valence-electron chi connectivity index (χ2n) is 7.21. The Morgan fingerprint density at radius 2 is 2.04 bits per heavy atom. The second kappa shape index (κ2) is 7.56. The maximum atomic E-state index is 12.7. The first kappa shape index (κ1) is 17.8. The molecule has 0 saturated carbocycles. The van der Waals surface area contributed by atoms with Gasteiger partial charge in [0.2, 0.25) is 5.91 Å². The number of amides is 3. The van der Waals surface area contributed by atoms with Gasteiger partial charge in [0.05, 0.1) is 30.2 Å². The zero-order valence-electron chi connectivity index (χ0n) is 15.5. The predicted molar refractivity (Wildman–Crippen MR) is 102 cm³/mol. The summed E-state index contributed by atoms with van der Waals surface area (Å²) in [4.78, 5) is 36.6. The van der Waals surface area contributed by atoms with Crippen molar-refractivity contribution in [1.82, 2.24) is 19.8 Å². The molecule has 2 N–H and O–H groups in total. The molecule has 3 amide bonds. The maximum absolute atomic E-state index is 12.7. The highest BCUT2D eigenvalue weighted by molar-refractivity contribution is 5.92. The Hall–Kier alpha value is -2.61. The summed E-state index contributed by atoms with van der Waals surface area (Å²) in [5.74, 6) is 0.861. The molecule has 1 atom stereocenters. The quantitative estimate of drug-likeness (QED) is 0.844. The van der Waals surface area contributed by atoms with Crippen LogP contribution in [0.5, 0.6) is 0 Å². The van der Waals surface area contributed by atoms with Gasteiger partial charge in [-0.1, -0.05) is 0 Å². The molecule has 144 valence electrons. The van der Waals surface area contributed by atoms with E-state index in [9.17, 15) is 9.59 Å². The van der Waals surface area contributed by atoms with Crippen LogP contribution in [0.15, 0.2) is 18.2 Å². The van der Waals surface area contributed by atoms with Gasteiger partial charge in [-0.2, -0.15) is 0 Å². The van der Waals surface area contributed by atoms with E-state index in [1.807, 2.05) is 30.0 Å². The van der Waals surface area contributed by atoms with Crippen molar-refractivity contribution in [1.29, 1.82) is 0 Å². The number of nitrogens with zero attached hydrogens (tertiary/aromatic N) is 3. The number of H-pyrrole nitrogens is 1. The van der Waals surface area contributed by atoms with Gasteiger partial charge in [-0.3, -0.25) is 4.79 Å². The van der Waals surface area contributed by atoms with Crippen LogP contribution < -0.4 is 5.32 Å². The van der Waals surface area contributed by atoms with E-state index in [0.717, 1.165) is 35.4 Å². The Morgan fingerprint density at radius 3 is 2.85 bits per heavy atom. The molecular formula is C19H25N5O3. The molecule has 1 aromatic heterocycles. The summed E-state index contributed by atoms with van der Waals surface area (Å²) in [6, 6.07) is 5.45. The topological polar surface area (TPSA) is 90.6 Å². The molecular weight excluding hydrogens is 346 g/mol. The summed E-state index contributed by atoms with van der Waals surface area (Å²) < 4.78 is 5.32. The van der Waals surface area contributed by atoms with E-state index in [4.69, 9.17) is 4.74 Å². The minimum atomic E-state index is -0.162. The van der Waals surface area contributed by atoms with Gasteiger partial charge >= 0.3 is 6.03 Å². The third-order valence-corrected chi connectivity index (χ3v) is 5.23. The number of fused-ring (bicyclic) bond motifs is 1. The van der Waals surface area contributed by atoms with E-state index in [1.165, 1.54) is 0 Å². The minimum absolute atomic E-state index is 0.125. The molecule has 8 heteroatoms. The number of piperidine rings is 1. The van der Waals surface area contributed by atoms with Crippen LogP contribution in [0.3, 0.4) is 0 Å². The van der Waals surface area contributed by atoms with Crippen molar-refractivity contribution in [3.8, 4) is 0 Å². The first-order valence-electron chi connectivity index (χ1n) is 9.49. The summed E-state index contributed by atoms with van der Waals surface area (Å²) in [6.07, 6.45) is 1.67. The van der Waals surface area contributed by atoms with Crippen molar-refractivity contribution in [3.63, 3.8) is 0 Å². The SMILES string of the molecule is Cc1nc2ccc(NC(=O)N3CCC[C@H](C(=O)N4CCOCC4)C3)cc2[nH]1. The normalized spacial score (nSPS) is 20.7. The number of nitrogens with one attached hydrogen (secondary N) is 2. The van der Waals surface area contributed by atoms with Gasteiger partial charge in [-0.25, -0.2) is 9.78 Å². The molecule has 1 aromatic carbocycles. The summed E-state index contributed by atoms with van der Waals surface area (Å²) >= 11 is 0. The minimum Gasteiger partial charge on any atom is -0.378 e. The third kappa shape index (κ3) is 3.90. The van der Waals surface area contributed by atoms with Gasteiger partial charge in [0, 0.05) is 31.9 Å². The van der Waals surface area contributed by atoms with Crippen molar-refractivity contribution in [2.45, 2.75) is 19.8 Å². The molecule has 0 radical (unpaired) electrons. The lowest BCUT2D eigenvalue weighted by Crippen LogP contribution is -2.50. The molecule has 8 nitrogen and oxygen atoms in total. The Morgan fingerprint density at radius 1 is 1.22 bits per heavy atom. The van der Waals surface area contributed by atoms with Crippen LogP contribution in [0.4, 0.5) is 10.5 Å². The van der Waals surface area contributed by atoms with E-state index >= 15 is 0 Å². The van der Waals surface area contributed by atoms with Gasteiger partial charge in [-0.15, -0.1) is 0 Å². The lowest BCUT2D eigenvalue weighted by molar-refractivity contribution is -0.141. The molecule has 3 heterocycles. The molecule has 2 aliphatic rings. The molecule has 0 aliphatic carbocycles. The number of imidazole rings is 1. The summed E-state index contributed by atoms with van der Waals surface area (Å²) in [5.41, 5.74) is 2.49. The van der Waals surface area contributed by atoms with Gasteiger partial charge in [-0.05, 0) is 38.0 Å². The predicted octanol–water partition coefficient (Wildman–Crippen LogP) is 1.97. The number of aromatic nitrogens is 2. The molecule has 2 saturated heterocycles. The maximum Gasteiger partial charge on any atom is 0.321 e. The van der Waals surface area contributed by atoms with E-state index in [1.54, 1.807) is 4.90 Å². The number of hydrogen-bond acceptors (Lipinski definition) is 4. The van der Waals surface area contributed by atoms with E-state index in [0.29, 0.717) is 39.4 Å². The lowest BCUT2D eigenvalue weighted by Gasteiger charge is -2.36. The number of urea groups is 1. The number of carbonyl (C=O) groups excluding carboxylic acids is 2. The summed E-state index contributed by atoms with van der Waals surface area (Å²) in [6.45, 7) is 5.52. The Bertz CT molecular complexity index is 843. The van der Waals surface area contributed by atoms with Crippen LogP contribution in [0.1, 0.15) is 18.7 Å². The molecule has 0 spiro atoms. The number of hydrogen-bond donors (Lipinski definition) is 2. The van der Waals surface area contributed by atoms with E-state index < -0.39 is 0 Å². The smallest absolute Gasteiger partial charge is 0.321 e. The molecule has 4 rings (SSSR count). The molecule has 2 aliphatic heterocycles. The summed E-state index contributed by atoms with van der Waals surface area (Å²) in [5, 5.41) is 2.95. The van der Waals surface area contributed by atoms with Crippen molar-refractivity contribution in [2.24, 2.45) is 5.92 Å². The fourth-order valence-corrected chi connectivity index (χ4v) is 3.82. The standard InChI is InChI=1S/C19H25N5O3/c1-13-20-16-5-4-15(11-17(16)21-13)22-19(26)24-6-2-3-14(12-24)18(25)23-7-9-27-10-8-23/h4-5,11,14H,2-3,6-10,12H2,1H3,(H,20,21)(H,22,26)/t14-/m0/s1. The molecule has 0 unspecified atom stereocenters. The molecule has 0 bridgehead atoms. The second-order valence-corrected chi connectivity index (χ2v) is 7.21. The van der Waals surface area contributed by atoms with Crippen LogP contribution in [-0.2, 0) is 9.53 Å². The largest absolute Gasteiger partial charge is 0.378 e. The molecule has 2 aromatic rings. The van der Waals surface area contributed by atoms with E-state index in [-0.39, 0.29) is 17.9 Å². The van der Waals surface area contributed by atoms with Crippen molar-refractivity contribution >= 4 is 28.7 Å². The highest BCUT2D eigenvalue weighted by Gasteiger charge is 2.31. The van der Waals surface area contributed by atoms with Gasteiger partial charge < -0.3 is 24.8 Å². The zero-order chi connectivity index (χ0) is 18.8. The molecule has 27 heavy (non-hydrogen) atoms. The average Bonchev–Trinajstić information content (AvgIpc) is 3.07. The van der Waals surface area contributed by atoms with Crippen LogP contribution in [0, 0.1) is 12.8 Å². The van der Waals surface area contributed by atoms with Crippen LogP contribution in [-0.4, -0.2) is 71.1 Å². The number of aryl methyl sites for hydroxylation is 1. The highest BCUT2D eigenvalue weighted by Crippen LogP contribution is 2.22. The number of rotatable bonds is 2. The number of benzene rings is 1. The van der Waals surface area contributed by atoms with Crippen LogP contribution in [0.2, 0.25) is 0 Å². The molecule has 2 fully saturated rings. The number of likely N-dealkylation sites (tertiary alicyclic amines) is 1. The first-order valence-corrected chi connectivity index (χ1v) is 9.49. The Labute approximate surface area is 157 Å². The highest BCUT2D eigenvalue weighted by atomic mass is 16.5. The fraction of sp³-hybridized carbons (Fsp3) is 0.526.